The van der Waals surface area contributed by atoms with Crippen molar-refractivity contribution in [1.29, 1.82) is 0 Å². The zero-order valence-electron chi connectivity index (χ0n) is 10.7. The Kier molecular flexibility index (Phi) is 3.43. The maximum Gasteiger partial charge on any atom is 0.267 e. The number of aromatic nitrogens is 2. The summed E-state index contributed by atoms with van der Waals surface area (Å²) in [6, 6.07) is 8.36. The van der Waals surface area contributed by atoms with Gasteiger partial charge in [0.1, 0.15) is 5.82 Å². The van der Waals surface area contributed by atoms with E-state index in [2.05, 4.69) is 9.97 Å². The molecule has 0 fully saturated rings. The molecule has 2 heterocycles. The number of alkyl halides is 2. The van der Waals surface area contributed by atoms with Crippen LogP contribution in [0.3, 0.4) is 0 Å². The predicted molar refractivity (Wildman–Crippen MR) is 79.4 cm³/mol. The second-order valence-corrected chi connectivity index (χ2v) is 4.96. The quantitative estimate of drug-likeness (QED) is 0.760. The molecule has 3 aromatic rings. The molecule has 0 aliphatic heterocycles. The molecule has 0 aliphatic carbocycles. The van der Waals surface area contributed by atoms with Crippen LogP contribution >= 0.6 is 11.6 Å². The first-order chi connectivity index (χ1) is 10.1. The van der Waals surface area contributed by atoms with Crippen LogP contribution in [0.5, 0.6) is 0 Å². The summed E-state index contributed by atoms with van der Waals surface area (Å²) in [5.74, 6) is -0.157. The first-order valence-corrected chi connectivity index (χ1v) is 6.52. The van der Waals surface area contributed by atoms with E-state index in [0.29, 0.717) is 16.1 Å². The minimum Gasteiger partial charge on any atom is -0.383 e. The summed E-state index contributed by atoms with van der Waals surface area (Å²) in [4.78, 5) is 8.08. The van der Waals surface area contributed by atoms with Crippen molar-refractivity contribution in [3.8, 4) is 11.1 Å². The van der Waals surface area contributed by atoms with Crippen molar-refractivity contribution in [2.24, 2.45) is 0 Å². The van der Waals surface area contributed by atoms with Gasteiger partial charge in [-0.15, -0.1) is 0 Å². The number of hydrogen-bond donors (Lipinski definition) is 1. The summed E-state index contributed by atoms with van der Waals surface area (Å²) >= 11 is 5.94. The third kappa shape index (κ3) is 2.52. The van der Waals surface area contributed by atoms with Gasteiger partial charge in [0.2, 0.25) is 0 Å². The minimum atomic E-state index is -2.67. The number of nitrogens with two attached hydrogens (primary N) is 1. The van der Waals surface area contributed by atoms with E-state index in [1.165, 1.54) is 12.3 Å². The molecule has 0 radical (unpaired) electrons. The van der Waals surface area contributed by atoms with E-state index in [1.54, 1.807) is 30.5 Å². The van der Waals surface area contributed by atoms with Crippen LogP contribution in [0.1, 0.15) is 12.0 Å². The summed E-state index contributed by atoms with van der Waals surface area (Å²) in [6.45, 7) is 0. The molecule has 21 heavy (non-hydrogen) atoms. The Bertz CT molecular complexity index is 821. The number of nitrogens with zero attached hydrogens (tertiary/aromatic N) is 2. The molecule has 2 N–H and O–H groups in total. The van der Waals surface area contributed by atoms with Gasteiger partial charge in [0.05, 0.1) is 11.1 Å². The molecule has 1 aromatic carbocycles. The highest BCUT2D eigenvalue weighted by Crippen LogP contribution is 2.32. The standard InChI is InChI=1S/C15H10ClF2N3/c16-9-1-2-11-10(3-4-20-13(11)6-9)8-5-12(14(17)18)15(19)21-7-8/h1-7,14H,(H2,19,21). The smallest absolute Gasteiger partial charge is 0.267 e. The molecule has 0 bridgehead atoms. The highest BCUT2D eigenvalue weighted by atomic mass is 35.5. The maximum absolute atomic E-state index is 12.9. The second kappa shape index (κ2) is 5.26. The number of hydrogen-bond acceptors (Lipinski definition) is 3. The molecule has 2 aromatic heterocycles. The topological polar surface area (TPSA) is 51.8 Å². The monoisotopic (exact) mass is 305 g/mol. The Morgan fingerprint density at radius 2 is 1.90 bits per heavy atom. The average molecular weight is 306 g/mol. The van der Waals surface area contributed by atoms with Crippen molar-refractivity contribution in [3.63, 3.8) is 0 Å². The van der Waals surface area contributed by atoms with Gasteiger partial charge in [-0.2, -0.15) is 0 Å². The molecule has 0 aliphatic rings. The normalized spacial score (nSPS) is 11.2. The molecule has 106 valence electrons. The lowest BCUT2D eigenvalue weighted by molar-refractivity contribution is 0.152. The second-order valence-electron chi connectivity index (χ2n) is 4.52. The van der Waals surface area contributed by atoms with E-state index in [4.69, 9.17) is 17.3 Å². The van der Waals surface area contributed by atoms with Crippen molar-refractivity contribution in [2.75, 3.05) is 5.73 Å². The molecule has 6 heteroatoms. The SMILES string of the molecule is Nc1ncc(-c2ccnc3cc(Cl)ccc23)cc1C(F)F. The van der Waals surface area contributed by atoms with Crippen LogP contribution in [0.25, 0.3) is 22.0 Å². The first kappa shape index (κ1) is 13.7. The average Bonchev–Trinajstić information content (AvgIpc) is 2.46. The van der Waals surface area contributed by atoms with Crippen LogP contribution in [-0.4, -0.2) is 9.97 Å². The van der Waals surface area contributed by atoms with Crippen LogP contribution < -0.4 is 5.73 Å². The fourth-order valence-electron chi connectivity index (χ4n) is 2.19. The molecule has 0 saturated heterocycles. The lowest BCUT2D eigenvalue weighted by atomic mass is 10.0. The first-order valence-electron chi connectivity index (χ1n) is 6.14. The van der Waals surface area contributed by atoms with Crippen LogP contribution in [0.4, 0.5) is 14.6 Å². The van der Waals surface area contributed by atoms with Gasteiger partial charge in [0, 0.05) is 28.4 Å². The van der Waals surface area contributed by atoms with Crippen molar-refractivity contribution >= 4 is 28.3 Å². The lowest BCUT2D eigenvalue weighted by Gasteiger charge is -2.09. The van der Waals surface area contributed by atoms with Gasteiger partial charge in [0.25, 0.3) is 6.43 Å². The Morgan fingerprint density at radius 1 is 1.10 bits per heavy atom. The van der Waals surface area contributed by atoms with E-state index >= 15 is 0 Å². The molecule has 0 saturated carbocycles. The van der Waals surface area contributed by atoms with Gasteiger partial charge in [-0.3, -0.25) is 4.98 Å². The minimum absolute atomic E-state index is 0.157. The van der Waals surface area contributed by atoms with E-state index < -0.39 is 6.43 Å². The molecule has 0 unspecified atom stereocenters. The molecule has 0 spiro atoms. The zero-order chi connectivity index (χ0) is 15.0. The summed E-state index contributed by atoms with van der Waals surface area (Å²) in [7, 11) is 0. The van der Waals surface area contributed by atoms with Crippen LogP contribution in [0.2, 0.25) is 5.02 Å². The highest BCUT2D eigenvalue weighted by Gasteiger charge is 2.15. The molecular formula is C15H10ClF2N3. The molecule has 3 rings (SSSR count). The van der Waals surface area contributed by atoms with Gasteiger partial charge in [-0.25, -0.2) is 13.8 Å². The van der Waals surface area contributed by atoms with E-state index in [0.717, 1.165) is 10.9 Å². The van der Waals surface area contributed by atoms with Crippen molar-refractivity contribution in [3.05, 3.63) is 53.3 Å². The number of nitrogen functional groups attached to an aromatic ring is 1. The van der Waals surface area contributed by atoms with E-state index in [9.17, 15) is 8.78 Å². The van der Waals surface area contributed by atoms with E-state index in [-0.39, 0.29) is 11.4 Å². The Labute approximate surface area is 124 Å². The Balaban J connectivity index is 2.23. The summed E-state index contributed by atoms with van der Waals surface area (Å²) in [5, 5.41) is 1.38. The molecule has 3 nitrogen and oxygen atoms in total. The van der Waals surface area contributed by atoms with Crippen LogP contribution in [0, 0.1) is 0 Å². The number of halogens is 3. The van der Waals surface area contributed by atoms with Gasteiger partial charge in [-0.1, -0.05) is 17.7 Å². The maximum atomic E-state index is 12.9. The third-order valence-corrected chi connectivity index (χ3v) is 3.44. The fourth-order valence-corrected chi connectivity index (χ4v) is 2.35. The summed E-state index contributed by atoms with van der Waals surface area (Å²) in [6.07, 6.45) is 0.414. The number of rotatable bonds is 2. The number of anilines is 1. The third-order valence-electron chi connectivity index (χ3n) is 3.20. The Morgan fingerprint density at radius 3 is 2.67 bits per heavy atom. The van der Waals surface area contributed by atoms with Gasteiger partial charge >= 0.3 is 0 Å². The molecule has 0 atom stereocenters. The Hall–Kier alpha value is -2.27. The summed E-state index contributed by atoms with van der Waals surface area (Å²) < 4.78 is 25.9. The highest BCUT2D eigenvalue weighted by molar-refractivity contribution is 6.31. The van der Waals surface area contributed by atoms with Crippen LogP contribution in [-0.2, 0) is 0 Å². The zero-order valence-corrected chi connectivity index (χ0v) is 11.5. The number of pyridine rings is 2. The molecule has 0 amide bonds. The van der Waals surface area contributed by atoms with Crippen molar-refractivity contribution < 1.29 is 8.78 Å². The van der Waals surface area contributed by atoms with Gasteiger partial charge in [0.15, 0.2) is 0 Å². The van der Waals surface area contributed by atoms with E-state index in [1.807, 2.05) is 0 Å². The number of benzene rings is 1. The van der Waals surface area contributed by atoms with Crippen molar-refractivity contribution in [1.82, 2.24) is 9.97 Å². The summed E-state index contributed by atoms with van der Waals surface area (Å²) in [5.41, 5.74) is 7.22. The van der Waals surface area contributed by atoms with Gasteiger partial charge in [-0.05, 0) is 29.8 Å². The van der Waals surface area contributed by atoms with Crippen molar-refractivity contribution in [2.45, 2.75) is 6.43 Å². The number of fused-ring (bicyclic) bond motifs is 1. The predicted octanol–water partition coefficient (Wildman–Crippen LogP) is 4.47. The molecular weight excluding hydrogens is 296 g/mol. The largest absolute Gasteiger partial charge is 0.383 e. The van der Waals surface area contributed by atoms with Crippen LogP contribution in [0.15, 0.2) is 42.7 Å². The lowest BCUT2D eigenvalue weighted by Crippen LogP contribution is -1.99. The van der Waals surface area contributed by atoms with Gasteiger partial charge < -0.3 is 5.73 Å². The fraction of sp³-hybridized carbons (Fsp3) is 0.0667.